The predicted octanol–water partition coefficient (Wildman–Crippen LogP) is 2.56. The Labute approximate surface area is 172 Å². The SMILES string of the molecule is CC[C@H]1CN(c2c(F)cc3c(=O)c(C(=O)O)cn([C@@H]4C[C@@H]4F)c3c2OC)C[C@H]1NC. The first-order valence-electron chi connectivity index (χ1n) is 10.1. The highest BCUT2D eigenvalue weighted by Crippen LogP contribution is 2.46. The summed E-state index contributed by atoms with van der Waals surface area (Å²) in [6.07, 6.45) is 1.12. The first-order chi connectivity index (χ1) is 14.3. The Morgan fingerprint density at radius 3 is 2.60 bits per heavy atom. The number of hydrogen-bond acceptors (Lipinski definition) is 5. The molecule has 0 bridgehead atoms. The van der Waals surface area contributed by atoms with Crippen LogP contribution in [0.2, 0.25) is 0 Å². The number of carbonyl (C=O) groups is 1. The van der Waals surface area contributed by atoms with E-state index in [1.54, 1.807) is 0 Å². The number of aromatic carboxylic acids is 1. The van der Waals surface area contributed by atoms with Crippen LogP contribution in [0.3, 0.4) is 0 Å². The number of hydrogen-bond donors (Lipinski definition) is 2. The quantitative estimate of drug-likeness (QED) is 0.746. The highest BCUT2D eigenvalue weighted by atomic mass is 19.1. The first-order valence-corrected chi connectivity index (χ1v) is 10.1. The molecule has 7 nitrogen and oxygen atoms in total. The summed E-state index contributed by atoms with van der Waals surface area (Å²) in [6, 6.07) is 0.623. The van der Waals surface area contributed by atoms with E-state index in [2.05, 4.69) is 12.2 Å². The van der Waals surface area contributed by atoms with Crippen LogP contribution in [0.25, 0.3) is 10.9 Å². The number of rotatable bonds is 6. The van der Waals surface area contributed by atoms with Crippen molar-refractivity contribution in [3.8, 4) is 5.75 Å². The second-order valence-corrected chi connectivity index (χ2v) is 8.01. The highest BCUT2D eigenvalue weighted by molar-refractivity contribution is 5.97. The van der Waals surface area contributed by atoms with Gasteiger partial charge in [0.25, 0.3) is 0 Å². The van der Waals surface area contributed by atoms with Crippen LogP contribution < -0.4 is 20.4 Å². The molecule has 2 N–H and O–H groups in total. The van der Waals surface area contributed by atoms with Crippen molar-refractivity contribution in [2.75, 3.05) is 32.1 Å². The van der Waals surface area contributed by atoms with E-state index in [0.717, 1.165) is 18.7 Å². The van der Waals surface area contributed by atoms with Gasteiger partial charge in [-0.05, 0) is 19.0 Å². The van der Waals surface area contributed by atoms with Crippen molar-refractivity contribution in [2.24, 2.45) is 5.92 Å². The molecule has 1 saturated carbocycles. The van der Waals surface area contributed by atoms with Gasteiger partial charge in [0.05, 0.1) is 24.1 Å². The zero-order chi connectivity index (χ0) is 21.7. The van der Waals surface area contributed by atoms with Crippen LogP contribution >= 0.6 is 0 Å². The standard InChI is InChI=1S/C21H25F2N3O4/c1-4-10-7-25(9-15(10)24-2)18-14(23)5-11-17(20(18)30-3)26(16-6-13(16)22)8-12(19(11)27)21(28)29/h5,8,10,13,15-16,24H,4,6-7,9H2,1-3H3,(H,28,29)/t10-,13-,15+,16+/m0/s1. The number of anilines is 1. The van der Waals surface area contributed by atoms with E-state index in [9.17, 15) is 19.1 Å². The highest BCUT2D eigenvalue weighted by Gasteiger charge is 2.42. The molecular formula is C21H25F2N3O4. The number of halogens is 2. The third-order valence-electron chi connectivity index (χ3n) is 6.32. The molecule has 2 aliphatic rings. The maximum atomic E-state index is 15.3. The summed E-state index contributed by atoms with van der Waals surface area (Å²) in [5.41, 5.74) is -0.878. The molecule has 1 aromatic carbocycles. The Kier molecular flexibility index (Phi) is 5.17. The topological polar surface area (TPSA) is 83.8 Å². The van der Waals surface area contributed by atoms with Gasteiger partial charge in [-0.3, -0.25) is 4.79 Å². The van der Waals surface area contributed by atoms with Gasteiger partial charge in [-0.2, -0.15) is 0 Å². The van der Waals surface area contributed by atoms with Gasteiger partial charge in [0.2, 0.25) is 5.43 Å². The van der Waals surface area contributed by atoms with Crippen molar-refractivity contribution >= 4 is 22.6 Å². The lowest BCUT2D eigenvalue weighted by Crippen LogP contribution is -2.33. The molecule has 9 heteroatoms. The van der Waals surface area contributed by atoms with E-state index in [1.807, 2.05) is 11.9 Å². The van der Waals surface area contributed by atoms with E-state index < -0.39 is 35.0 Å². The van der Waals surface area contributed by atoms with Crippen LogP contribution in [-0.2, 0) is 0 Å². The van der Waals surface area contributed by atoms with Crippen LogP contribution in [-0.4, -0.2) is 55.1 Å². The van der Waals surface area contributed by atoms with Crippen LogP contribution in [0.15, 0.2) is 17.1 Å². The molecule has 4 atom stereocenters. The number of methoxy groups -OCH3 is 1. The molecule has 30 heavy (non-hydrogen) atoms. The zero-order valence-corrected chi connectivity index (χ0v) is 17.1. The number of carboxylic acid groups (broad SMARTS) is 1. The average molecular weight is 421 g/mol. The molecule has 0 amide bonds. The Morgan fingerprint density at radius 2 is 2.10 bits per heavy atom. The summed E-state index contributed by atoms with van der Waals surface area (Å²) >= 11 is 0. The van der Waals surface area contributed by atoms with Crippen molar-refractivity contribution in [1.29, 1.82) is 0 Å². The fourth-order valence-electron chi connectivity index (χ4n) is 4.58. The van der Waals surface area contributed by atoms with Crippen LogP contribution in [0.4, 0.5) is 14.5 Å². The average Bonchev–Trinajstić information content (AvgIpc) is 3.29. The van der Waals surface area contributed by atoms with Gasteiger partial charge in [-0.25, -0.2) is 13.6 Å². The smallest absolute Gasteiger partial charge is 0.341 e. The number of fused-ring (bicyclic) bond motifs is 1. The molecule has 0 unspecified atom stereocenters. The lowest BCUT2D eigenvalue weighted by molar-refractivity contribution is 0.0694. The number of nitrogens with zero attached hydrogens (tertiary/aromatic N) is 2. The van der Waals surface area contributed by atoms with Gasteiger partial charge < -0.3 is 24.6 Å². The summed E-state index contributed by atoms with van der Waals surface area (Å²) < 4.78 is 36.3. The largest absolute Gasteiger partial charge is 0.492 e. The molecule has 1 aliphatic carbocycles. The molecule has 0 spiro atoms. The minimum Gasteiger partial charge on any atom is -0.492 e. The number of alkyl halides is 1. The summed E-state index contributed by atoms with van der Waals surface area (Å²) in [7, 11) is 3.24. The van der Waals surface area contributed by atoms with E-state index in [1.165, 1.54) is 11.7 Å². The summed E-state index contributed by atoms with van der Waals surface area (Å²) in [5, 5.41) is 12.5. The molecule has 0 radical (unpaired) electrons. The normalized spacial score (nSPS) is 25.7. The monoisotopic (exact) mass is 421 g/mol. The van der Waals surface area contributed by atoms with E-state index in [-0.39, 0.29) is 34.8 Å². The van der Waals surface area contributed by atoms with Gasteiger partial charge in [0, 0.05) is 31.7 Å². The van der Waals surface area contributed by atoms with Crippen LogP contribution in [0.1, 0.15) is 36.2 Å². The summed E-state index contributed by atoms with van der Waals surface area (Å²) in [4.78, 5) is 26.2. The van der Waals surface area contributed by atoms with Gasteiger partial charge in [-0.15, -0.1) is 0 Å². The number of nitrogens with one attached hydrogen (secondary N) is 1. The van der Waals surface area contributed by atoms with Gasteiger partial charge in [-0.1, -0.05) is 13.3 Å². The Hall–Kier alpha value is -2.68. The van der Waals surface area contributed by atoms with E-state index in [0.29, 0.717) is 19.0 Å². The predicted molar refractivity (Wildman–Crippen MR) is 109 cm³/mol. The molecule has 4 rings (SSSR count). The number of likely N-dealkylation sites (N-methyl/N-ethyl adjacent to an activating group) is 1. The summed E-state index contributed by atoms with van der Waals surface area (Å²) in [6.45, 7) is 3.24. The zero-order valence-electron chi connectivity index (χ0n) is 17.1. The second kappa shape index (κ2) is 7.54. The third-order valence-corrected chi connectivity index (χ3v) is 6.32. The minimum absolute atomic E-state index is 0.122. The van der Waals surface area contributed by atoms with Crippen molar-refractivity contribution in [3.63, 3.8) is 0 Å². The molecule has 2 heterocycles. The molecule has 1 saturated heterocycles. The summed E-state index contributed by atoms with van der Waals surface area (Å²) in [5.74, 6) is -1.66. The Morgan fingerprint density at radius 1 is 1.40 bits per heavy atom. The molecule has 2 aromatic rings. The number of aromatic nitrogens is 1. The fraction of sp³-hybridized carbons (Fsp3) is 0.524. The van der Waals surface area contributed by atoms with E-state index >= 15 is 4.39 Å². The van der Waals surface area contributed by atoms with Crippen LogP contribution in [0, 0.1) is 11.7 Å². The Bertz CT molecular complexity index is 1060. The number of pyridine rings is 1. The molecule has 2 fully saturated rings. The maximum absolute atomic E-state index is 15.3. The Balaban J connectivity index is 1.98. The van der Waals surface area contributed by atoms with Gasteiger partial charge >= 0.3 is 5.97 Å². The van der Waals surface area contributed by atoms with E-state index in [4.69, 9.17) is 4.74 Å². The van der Waals surface area contributed by atoms with Crippen molar-refractivity contribution < 1.29 is 23.4 Å². The van der Waals surface area contributed by atoms with Gasteiger partial charge in [0.1, 0.15) is 17.4 Å². The van der Waals surface area contributed by atoms with Gasteiger partial charge in [0.15, 0.2) is 11.6 Å². The van der Waals surface area contributed by atoms with Crippen molar-refractivity contribution in [1.82, 2.24) is 9.88 Å². The molecular weight excluding hydrogens is 396 g/mol. The number of carboxylic acids is 1. The lowest BCUT2D eigenvalue weighted by Gasteiger charge is -2.24. The lowest BCUT2D eigenvalue weighted by atomic mass is 10.0. The number of ether oxygens (including phenoxy) is 1. The molecule has 1 aromatic heterocycles. The molecule has 1 aliphatic heterocycles. The molecule has 162 valence electrons. The van der Waals surface area contributed by atoms with Crippen LogP contribution in [0.5, 0.6) is 5.75 Å². The fourth-order valence-corrected chi connectivity index (χ4v) is 4.58. The third kappa shape index (κ3) is 3.12. The van der Waals surface area contributed by atoms with Crippen molar-refractivity contribution in [3.05, 3.63) is 33.9 Å². The maximum Gasteiger partial charge on any atom is 0.341 e. The van der Waals surface area contributed by atoms with Crippen molar-refractivity contribution in [2.45, 2.75) is 38.0 Å². The number of benzene rings is 1. The second-order valence-electron chi connectivity index (χ2n) is 8.01. The first kappa shape index (κ1) is 20.6. The minimum atomic E-state index is -1.43.